The molecule has 118 valence electrons. The third-order valence-corrected chi connectivity index (χ3v) is 3.76. The van der Waals surface area contributed by atoms with E-state index in [-0.39, 0.29) is 34.8 Å². The van der Waals surface area contributed by atoms with Gasteiger partial charge in [-0.25, -0.2) is 9.37 Å². The van der Waals surface area contributed by atoms with Gasteiger partial charge in [0, 0.05) is 18.0 Å². The molecule has 1 saturated carbocycles. The number of hydrogen-bond donors (Lipinski definition) is 2. The minimum atomic E-state index is -0.789. The molecule has 1 aliphatic rings. The van der Waals surface area contributed by atoms with E-state index in [0.717, 1.165) is 24.2 Å². The number of carbonyl (C=O) groups excluding carboxylic acids is 1. The highest BCUT2D eigenvalue weighted by Crippen LogP contribution is 2.43. The maximum atomic E-state index is 12.9. The van der Waals surface area contributed by atoms with Crippen molar-refractivity contribution in [2.45, 2.75) is 18.4 Å². The molecule has 0 aliphatic heterocycles. The number of anilines is 1. The van der Waals surface area contributed by atoms with Crippen LogP contribution >= 0.6 is 0 Å². The van der Waals surface area contributed by atoms with Gasteiger partial charge in [-0.3, -0.25) is 14.9 Å². The Bertz CT molecular complexity index is 779. The molecule has 0 spiro atoms. The molecule has 23 heavy (non-hydrogen) atoms. The number of benzene rings is 1. The zero-order chi connectivity index (χ0) is 16.6. The lowest BCUT2D eigenvalue weighted by molar-refractivity contribution is -0.385. The van der Waals surface area contributed by atoms with Crippen molar-refractivity contribution in [3.05, 3.63) is 63.6 Å². The summed E-state index contributed by atoms with van der Waals surface area (Å²) in [4.78, 5) is 25.5. The van der Waals surface area contributed by atoms with Crippen molar-refractivity contribution in [2.24, 2.45) is 5.73 Å². The van der Waals surface area contributed by atoms with Crippen molar-refractivity contribution in [1.82, 2.24) is 4.98 Å². The first-order chi connectivity index (χ1) is 11.0. The first kappa shape index (κ1) is 14.9. The van der Waals surface area contributed by atoms with Gasteiger partial charge < -0.3 is 11.1 Å². The van der Waals surface area contributed by atoms with E-state index in [1.165, 1.54) is 12.1 Å². The number of primary amides is 1. The van der Waals surface area contributed by atoms with Crippen LogP contribution in [0.2, 0.25) is 0 Å². The van der Waals surface area contributed by atoms with E-state index < -0.39 is 10.8 Å². The smallest absolute Gasteiger partial charge is 0.288 e. The maximum absolute atomic E-state index is 12.9. The van der Waals surface area contributed by atoms with E-state index in [0.29, 0.717) is 0 Å². The molecule has 3 N–H and O–H groups in total. The Labute approximate surface area is 130 Å². The number of nitro groups is 1. The van der Waals surface area contributed by atoms with Crippen LogP contribution in [0, 0.1) is 15.9 Å². The van der Waals surface area contributed by atoms with Gasteiger partial charge in [-0.05, 0) is 24.1 Å². The van der Waals surface area contributed by atoms with Gasteiger partial charge in [-0.2, -0.15) is 0 Å². The van der Waals surface area contributed by atoms with Gasteiger partial charge in [-0.1, -0.05) is 12.1 Å². The van der Waals surface area contributed by atoms with Gasteiger partial charge >= 0.3 is 0 Å². The number of pyridine rings is 1. The molecule has 1 aromatic carbocycles. The fraction of sp³-hybridized carbons (Fsp3) is 0.200. The Morgan fingerprint density at radius 2 is 2.09 bits per heavy atom. The fourth-order valence-electron chi connectivity index (χ4n) is 2.46. The lowest BCUT2D eigenvalue weighted by atomic mass is 10.1. The topological polar surface area (TPSA) is 111 Å². The number of hydrogen-bond acceptors (Lipinski definition) is 5. The Morgan fingerprint density at radius 1 is 1.39 bits per heavy atom. The Morgan fingerprint density at radius 3 is 2.70 bits per heavy atom. The average molecular weight is 316 g/mol. The van der Waals surface area contributed by atoms with Crippen LogP contribution in [0.1, 0.15) is 28.3 Å². The van der Waals surface area contributed by atoms with Crippen LogP contribution in [0.15, 0.2) is 36.5 Å². The molecule has 3 rings (SSSR count). The summed E-state index contributed by atoms with van der Waals surface area (Å²) in [5.41, 5.74) is 5.92. The van der Waals surface area contributed by atoms with E-state index in [2.05, 4.69) is 10.3 Å². The summed E-state index contributed by atoms with van der Waals surface area (Å²) >= 11 is 0. The molecular formula is C15H13FN4O3. The normalized spacial score (nSPS) is 19.2. The Hall–Kier alpha value is -3.03. The van der Waals surface area contributed by atoms with Gasteiger partial charge in [0.15, 0.2) is 0 Å². The zero-order valence-electron chi connectivity index (χ0n) is 11.9. The predicted octanol–water partition coefficient (Wildman–Crippen LogP) is 2.20. The minimum absolute atomic E-state index is 0.0208. The highest BCUT2D eigenvalue weighted by Gasteiger charge is 2.39. The van der Waals surface area contributed by atoms with Gasteiger partial charge in [0.05, 0.1) is 10.5 Å². The van der Waals surface area contributed by atoms with E-state index in [1.54, 1.807) is 12.1 Å². The second-order valence-corrected chi connectivity index (χ2v) is 5.36. The third kappa shape index (κ3) is 3.10. The highest BCUT2D eigenvalue weighted by molar-refractivity contribution is 5.98. The van der Waals surface area contributed by atoms with Gasteiger partial charge in [0.2, 0.25) is 0 Å². The van der Waals surface area contributed by atoms with Crippen LogP contribution in [0.25, 0.3) is 0 Å². The molecule has 8 heteroatoms. The highest BCUT2D eigenvalue weighted by atomic mass is 19.1. The predicted molar refractivity (Wildman–Crippen MR) is 80.6 cm³/mol. The molecule has 1 aromatic heterocycles. The number of halogens is 1. The summed E-state index contributed by atoms with van der Waals surface area (Å²) in [5.74, 6) is -0.694. The number of carbonyl (C=O) groups is 1. The van der Waals surface area contributed by atoms with Crippen molar-refractivity contribution in [1.29, 1.82) is 0 Å². The molecule has 1 amide bonds. The summed E-state index contributed by atoms with van der Waals surface area (Å²) in [6.45, 7) is 0. The van der Waals surface area contributed by atoms with Crippen molar-refractivity contribution in [3.8, 4) is 0 Å². The van der Waals surface area contributed by atoms with Gasteiger partial charge in [0.1, 0.15) is 17.8 Å². The molecule has 1 fully saturated rings. The minimum Gasteiger partial charge on any atom is -0.366 e. The molecule has 0 unspecified atom stereocenters. The zero-order valence-corrected chi connectivity index (χ0v) is 11.9. The fourth-order valence-corrected chi connectivity index (χ4v) is 2.46. The summed E-state index contributed by atoms with van der Waals surface area (Å²) in [6, 6.07) is 7.33. The van der Waals surface area contributed by atoms with Gasteiger partial charge in [0.25, 0.3) is 11.6 Å². The quantitative estimate of drug-likeness (QED) is 0.649. The van der Waals surface area contributed by atoms with Crippen LogP contribution in [-0.2, 0) is 0 Å². The summed E-state index contributed by atoms with van der Waals surface area (Å²) in [5, 5.41) is 13.8. The monoisotopic (exact) mass is 316 g/mol. The molecule has 0 bridgehead atoms. The van der Waals surface area contributed by atoms with Crippen molar-refractivity contribution in [3.63, 3.8) is 0 Å². The van der Waals surface area contributed by atoms with Crippen LogP contribution in [-0.4, -0.2) is 21.9 Å². The van der Waals surface area contributed by atoms with E-state index in [4.69, 9.17) is 5.73 Å². The van der Waals surface area contributed by atoms with Crippen LogP contribution in [0.3, 0.4) is 0 Å². The number of nitrogens with two attached hydrogens (primary N) is 1. The molecule has 7 nitrogen and oxygen atoms in total. The molecule has 2 atom stereocenters. The molecule has 2 aromatic rings. The molecule has 1 heterocycles. The van der Waals surface area contributed by atoms with Crippen molar-refractivity contribution < 1.29 is 14.1 Å². The first-order valence-corrected chi connectivity index (χ1v) is 6.92. The number of nitrogens with one attached hydrogen (secondary N) is 1. The second-order valence-electron chi connectivity index (χ2n) is 5.36. The second kappa shape index (κ2) is 5.64. The number of amides is 1. The van der Waals surface area contributed by atoms with E-state index >= 15 is 0 Å². The lowest BCUT2D eigenvalue weighted by Crippen LogP contribution is -2.17. The summed E-state index contributed by atoms with van der Waals surface area (Å²) in [6.07, 6.45) is 1.87. The van der Waals surface area contributed by atoms with Crippen molar-refractivity contribution in [2.75, 3.05) is 5.32 Å². The first-order valence-electron chi connectivity index (χ1n) is 6.92. The molecule has 0 radical (unpaired) electrons. The largest absolute Gasteiger partial charge is 0.366 e. The lowest BCUT2D eigenvalue weighted by Gasteiger charge is -2.08. The van der Waals surface area contributed by atoms with Crippen molar-refractivity contribution >= 4 is 17.4 Å². The maximum Gasteiger partial charge on any atom is 0.288 e. The summed E-state index contributed by atoms with van der Waals surface area (Å²) < 4.78 is 12.9. The van der Waals surface area contributed by atoms with E-state index in [9.17, 15) is 19.3 Å². The van der Waals surface area contributed by atoms with Crippen LogP contribution in [0.4, 0.5) is 15.9 Å². The van der Waals surface area contributed by atoms with E-state index in [1.807, 2.05) is 0 Å². The average Bonchev–Trinajstić information content (AvgIpc) is 3.27. The number of aromatic nitrogens is 1. The Balaban J connectivity index is 1.77. The standard InChI is InChI=1S/C15H13FN4O3/c16-9-3-1-8(2-4-9)11-6-13(11)19-15-12(14(17)21)5-10(7-18-15)20(22)23/h1-5,7,11,13H,6H2,(H2,17,21)(H,18,19)/t11-,13+/m0/s1. The van der Waals surface area contributed by atoms with Crippen LogP contribution in [0.5, 0.6) is 0 Å². The Kier molecular flexibility index (Phi) is 3.65. The molecule has 0 saturated heterocycles. The molecule has 1 aliphatic carbocycles. The SMILES string of the molecule is NC(=O)c1cc([N+](=O)[O-])cnc1N[C@@H]1C[C@H]1c1ccc(F)cc1. The number of nitrogens with zero attached hydrogens (tertiary/aromatic N) is 2. The van der Waals surface area contributed by atoms with Crippen LogP contribution < -0.4 is 11.1 Å². The third-order valence-electron chi connectivity index (χ3n) is 3.76. The summed E-state index contributed by atoms with van der Waals surface area (Å²) in [7, 11) is 0. The van der Waals surface area contributed by atoms with Gasteiger partial charge in [-0.15, -0.1) is 0 Å². The molecular weight excluding hydrogens is 303 g/mol. The number of rotatable bonds is 5.